The molecule has 0 aliphatic rings. The van der Waals surface area contributed by atoms with E-state index < -0.39 is 12.0 Å². The van der Waals surface area contributed by atoms with E-state index >= 15 is 0 Å². The van der Waals surface area contributed by atoms with Crippen LogP contribution in [0.15, 0.2) is 0 Å². The lowest BCUT2D eigenvalue weighted by Gasteiger charge is -2.10. The summed E-state index contributed by atoms with van der Waals surface area (Å²) < 4.78 is 0. The van der Waals surface area contributed by atoms with Crippen molar-refractivity contribution >= 4 is 5.97 Å². The molecule has 0 aliphatic heterocycles. The molecule has 0 aromatic carbocycles. The molecule has 2 atom stereocenters. The van der Waals surface area contributed by atoms with Gasteiger partial charge in [-0.15, -0.1) is 0 Å². The zero-order valence-corrected chi connectivity index (χ0v) is 9.69. The van der Waals surface area contributed by atoms with Crippen LogP contribution in [0.25, 0.3) is 0 Å². The number of rotatable bonds is 10. The number of hydrogen-bond donors (Lipinski definition) is 5. The second-order valence-corrected chi connectivity index (χ2v) is 3.94. The van der Waals surface area contributed by atoms with Crippen molar-refractivity contribution in [2.45, 2.75) is 37.8 Å². The highest BCUT2D eigenvalue weighted by molar-refractivity contribution is 5.72. The number of quaternary nitrogens is 1. The Morgan fingerprint density at radius 2 is 2.06 bits per heavy atom. The van der Waals surface area contributed by atoms with Crippen LogP contribution in [0.2, 0.25) is 0 Å². The Hall–Kier alpha value is -0.690. The molecule has 0 radical (unpaired) electrons. The zero-order valence-electron chi connectivity index (χ0n) is 9.69. The lowest BCUT2D eigenvalue weighted by Crippen LogP contribution is -2.52. The average Bonchev–Trinajstić information content (AvgIpc) is 2.23. The molecule has 0 bridgehead atoms. The molecule has 0 amide bonds. The SMILES string of the molecule is NC(CCCCNCC(O)CC[NH3+])C(=O)O. The van der Waals surface area contributed by atoms with E-state index in [1.807, 2.05) is 0 Å². The molecule has 0 heterocycles. The largest absolute Gasteiger partial charge is 0.480 e. The van der Waals surface area contributed by atoms with E-state index in [9.17, 15) is 9.90 Å². The van der Waals surface area contributed by atoms with E-state index in [1.165, 1.54) is 0 Å². The minimum atomic E-state index is -0.946. The van der Waals surface area contributed by atoms with Crippen molar-refractivity contribution in [2.24, 2.45) is 5.73 Å². The third kappa shape index (κ3) is 8.60. The summed E-state index contributed by atoms with van der Waals surface area (Å²) in [7, 11) is 0. The molecule has 0 aromatic heterocycles. The van der Waals surface area contributed by atoms with Crippen LogP contribution in [0.3, 0.4) is 0 Å². The van der Waals surface area contributed by atoms with Gasteiger partial charge in [0, 0.05) is 13.0 Å². The summed E-state index contributed by atoms with van der Waals surface area (Å²) in [6, 6.07) is -0.753. The van der Waals surface area contributed by atoms with Gasteiger partial charge in [0.05, 0.1) is 12.6 Å². The second-order valence-electron chi connectivity index (χ2n) is 3.94. The Morgan fingerprint density at radius 3 is 2.62 bits per heavy atom. The smallest absolute Gasteiger partial charge is 0.320 e. The fourth-order valence-corrected chi connectivity index (χ4v) is 1.34. The monoisotopic (exact) mass is 234 g/mol. The number of carbonyl (C=O) groups is 1. The number of unbranched alkanes of at least 4 members (excludes halogenated alkanes) is 1. The maximum atomic E-state index is 10.4. The number of aliphatic hydroxyl groups is 1. The lowest BCUT2D eigenvalue weighted by atomic mass is 10.1. The van der Waals surface area contributed by atoms with Crippen LogP contribution in [-0.2, 0) is 4.79 Å². The summed E-state index contributed by atoms with van der Waals surface area (Å²) in [5, 5.41) is 21.0. The van der Waals surface area contributed by atoms with Gasteiger partial charge in [-0.2, -0.15) is 0 Å². The van der Waals surface area contributed by atoms with Gasteiger partial charge in [-0.25, -0.2) is 0 Å². The van der Waals surface area contributed by atoms with Gasteiger partial charge in [0.25, 0.3) is 0 Å². The van der Waals surface area contributed by atoms with Gasteiger partial charge < -0.3 is 27.0 Å². The summed E-state index contributed by atoms with van der Waals surface area (Å²) >= 11 is 0. The van der Waals surface area contributed by atoms with Gasteiger partial charge in [0.2, 0.25) is 0 Å². The Morgan fingerprint density at radius 1 is 1.38 bits per heavy atom. The number of nitrogens with two attached hydrogens (primary N) is 1. The maximum Gasteiger partial charge on any atom is 0.320 e. The van der Waals surface area contributed by atoms with E-state index in [-0.39, 0.29) is 6.10 Å². The van der Waals surface area contributed by atoms with Crippen molar-refractivity contribution in [3.05, 3.63) is 0 Å². The van der Waals surface area contributed by atoms with Crippen molar-refractivity contribution in [2.75, 3.05) is 19.6 Å². The number of nitrogens with one attached hydrogen (secondary N) is 1. The Bertz CT molecular complexity index is 190. The van der Waals surface area contributed by atoms with Gasteiger partial charge >= 0.3 is 5.97 Å². The van der Waals surface area contributed by atoms with Crippen molar-refractivity contribution in [3.63, 3.8) is 0 Å². The van der Waals surface area contributed by atoms with Crippen LogP contribution in [0, 0.1) is 0 Å². The van der Waals surface area contributed by atoms with Gasteiger partial charge in [0.15, 0.2) is 0 Å². The van der Waals surface area contributed by atoms with Crippen molar-refractivity contribution < 1.29 is 20.7 Å². The van der Waals surface area contributed by atoms with Gasteiger partial charge in [0.1, 0.15) is 6.04 Å². The summed E-state index contributed by atoms with van der Waals surface area (Å²) in [6.07, 6.45) is 2.53. The molecule has 2 unspecified atom stereocenters. The Labute approximate surface area is 96.0 Å². The molecule has 0 fully saturated rings. The molecule has 0 spiro atoms. The topological polar surface area (TPSA) is 123 Å². The van der Waals surface area contributed by atoms with Crippen LogP contribution in [-0.4, -0.2) is 48.0 Å². The zero-order chi connectivity index (χ0) is 12.4. The fraction of sp³-hybridized carbons (Fsp3) is 0.900. The molecule has 96 valence electrons. The van der Waals surface area contributed by atoms with Gasteiger partial charge in [-0.1, -0.05) is 6.42 Å². The first kappa shape index (κ1) is 15.3. The highest BCUT2D eigenvalue weighted by atomic mass is 16.4. The van der Waals surface area contributed by atoms with Crippen molar-refractivity contribution in [1.29, 1.82) is 0 Å². The third-order valence-electron chi connectivity index (χ3n) is 2.35. The van der Waals surface area contributed by atoms with E-state index in [0.29, 0.717) is 19.4 Å². The molecule has 0 rings (SSSR count). The summed E-state index contributed by atoms with van der Waals surface area (Å²) in [5.41, 5.74) is 9.01. The van der Waals surface area contributed by atoms with Gasteiger partial charge in [-0.3, -0.25) is 4.79 Å². The van der Waals surface area contributed by atoms with Crippen molar-refractivity contribution in [3.8, 4) is 0 Å². The highest BCUT2D eigenvalue weighted by Gasteiger charge is 2.09. The fourth-order valence-electron chi connectivity index (χ4n) is 1.34. The maximum absolute atomic E-state index is 10.4. The molecule has 0 aromatic rings. The Kier molecular flexibility index (Phi) is 9.12. The minimum absolute atomic E-state index is 0.334. The second kappa shape index (κ2) is 9.53. The first-order valence-corrected chi connectivity index (χ1v) is 5.74. The molecular weight excluding hydrogens is 210 g/mol. The number of carboxylic acids is 1. The quantitative estimate of drug-likeness (QED) is 0.284. The number of carboxylic acid groups (broad SMARTS) is 1. The van der Waals surface area contributed by atoms with Crippen LogP contribution < -0.4 is 16.8 Å². The summed E-state index contributed by atoms with van der Waals surface area (Å²) in [5.74, 6) is -0.946. The molecule has 0 saturated carbocycles. The number of aliphatic hydroxyl groups excluding tert-OH is 1. The van der Waals surface area contributed by atoms with Crippen LogP contribution in [0.4, 0.5) is 0 Å². The van der Waals surface area contributed by atoms with Crippen molar-refractivity contribution in [1.82, 2.24) is 5.32 Å². The van der Waals surface area contributed by atoms with E-state index in [1.54, 1.807) is 0 Å². The molecule has 6 heteroatoms. The number of aliphatic carboxylic acids is 1. The highest BCUT2D eigenvalue weighted by Crippen LogP contribution is 1.98. The minimum Gasteiger partial charge on any atom is -0.480 e. The van der Waals surface area contributed by atoms with E-state index in [4.69, 9.17) is 10.8 Å². The third-order valence-corrected chi connectivity index (χ3v) is 2.35. The van der Waals surface area contributed by atoms with E-state index in [0.717, 1.165) is 25.9 Å². The molecule has 16 heavy (non-hydrogen) atoms. The molecule has 0 saturated heterocycles. The molecule has 8 N–H and O–H groups in total. The molecule has 0 aliphatic carbocycles. The van der Waals surface area contributed by atoms with E-state index in [2.05, 4.69) is 11.1 Å². The number of hydrogen-bond acceptors (Lipinski definition) is 4. The van der Waals surface area contributed by atoms with Crippen LogP contribution in [0.5, 0.6) is 0 Å². The molecular formula is C10H24N3O3+. The Balaban J connectivity index is 3.24. The predicted octanol–water partition coefficient (Wildman–Crippen LogP) is -1.85. The standard InChI is InChI=1S/C10H23N3O3/c11-5-4-8(14)7-13-6-2-1-3-9(12)10(15)16/h8-9,13-14H,1-7,11-12H2,(H,15,16)/p+1. The van der Waals surface area contributed by atoms with Crippen LogP contribution in [0.1, 0.15) is 25.7 Å². The first-order chi connectivity index (χ1) is 7.57. The normalized spacial score (nSPS) is 14.7. The first-order valence-electron chi connectivity index (χ1n) is 5.74. The average molecular weight is 234 g/mol. The molecule has 6 nitrogen and oxygen atoms in total. The summed E-state index contributed by atoms with van der Waals surface area (Å²) in [4.78, 5) is 10.4. The van der Waals surface area contributed by atoms with Crippen LogP contribution >= 0.6 is 0 Å². The lowest BCUT2D eigenvalue weighted by molar-refractivity contribution is -0.370. The summed E-state index contributed by atoms with van der Waals surface area (Å²) in [6.45, 7) is 2.08. The van der Waals surface area contributed by atoms with Gasteiger partial charge in [-0.05, 0) is 19.4 Å². The predicted molar refractivity (Wildman–Crippen MR) is 60.7 cm³/mol.